The smallest absolute Gasteiger partial charge is 0.260 e. The van der Waals surface area contributed by atoms with Gasteiger partial charge in [-0.3, -0.25) is 14.6 Å². The van der Waals surface area contributed by atoms with Gasteiger partial charge in [-0.25, -0.2) is 26.1 Å². The first-order valence-electron chi connectivity index (χ1n) is 11.2. The lowest BCUT2D eigenvalue weighted by Gasteiger charge is -2.29. The van der Waals surface area contributed by atoms with E-state index in [2.05, 4.69) is 9.88 Å². The molecule has 0 saturated carbocycles. The number of amides is 1. The molecule has 1 aliphatic rings. The maximum absolute atomic E-state index is 13.6. The Morgan fingerprint density at radius 2 is 1.72 bits per heavy atom. The van der Waals surface area contributed by atoms with Gasteiger partial charge in [0.05, 0.1) is 27.7 Å². The van der Waals surface area contributed by atoms with Crippen LogP contribution in [0, 0.1) is 0 Å². The third-order valence-electron chi connectivity index (χ3n) is 5.87. The number of anilines is 1. The monoisotopic (exact) mass is 552 g/mol. The number of hydrogen-bond acceptors (Lipinski definition) is 9. The molecule has 0 unspecified atom stereocenters. The molecule has 0 aliphatic carbocycles. The van der Waals surface area contributed by atoms with Crippen LogP contribution in [0.5, 0.6) is 0 Å². The van der Waals surface area contributed by atoms with E-state index in [0.29, 0.717) is 47.2 Å². The number of thiazole rings is 1. The molecule has 0 atom stereocenters. The number of aromatic nitrogens is 1. The molecule has 0 bridgehead atoms. The number of rotatable bonds is 8. The van der Waals surface area contributed by atoms with E-state index in [9.17, 15) is 21.6 Å². The van der Waals surface area contributed by atoms with Crippen molar-refractivity contribution in [2.24, 2.45) is 0 Å². The summed E-state index contributed by atoms with van der Waals surface area (Å²) < 4.78 is 56.6. The number of carbonyl (C=O) groups is 1. The Morgan fingerprint density at radius 3 is 2.33 bits per heavy atom. The van der Waals surface area contributed by atoms with E-state index in [0.717, 1.165) is 23.7 Å². The molecule has 10 nitrogen and oxygen atoms in total. The number of hydrogen-bond donors (Lipinski definition) is 0. The Labute approximate surface area is 215 Å². The summed E-state index contributed by atoms with van der Waals surface area (Å²) in [6, 6.07) is 10.7. The first-order valence-corrected chi connectivity index (χ1v) is 15.4. The lowest BCUT2D eigenvalue weighted by atomic mass is 10.2. The fraction of sp³-hybridized carbons (Fsp3) is 0.391. The van der Waals surface area contributed by atoms with Crippen molar-refractivity contribution in [3.8, 4) is 0 Å². The zero-order valence-electron chi connectivity index (χ0n) is 20.2. The first-order chi connectivity index (χ1) is 17.0. The molecule has 36 heavy (non-hydrogen) atoms. The standard InChI is InChI=1S/C23H28N4O6S3/c1-25(2)36(31,32)18-9-7-17(8-10-18)22(28)27(12-11-26-13-15-33-16-14-26)23-24-21-19(34-23)5-4-6-20(21)35(3,29)30/h4-10H,11-16H2,1-3H3. The van der Waals surface area contributed by atoms with Crippen molar-refractivity contribution in [1.29, 1.82) is 0 Å². The number of carbonyl (C=O) groups excluding carboxylic acids is 1. The summed E-state index contributed by atoms with van der Waals surface area (Å²) >= 11 is 1.24. The van der Waals surface area contributed by atoms with Gasteiger partial charge in [-0.1, -0.05) is 17.4 Å². The number of sulfonamides is 1. The van der Waals surface area contributed by atoms with Gasteiger partial charge in [0.1, 0.15) is 5.52 Å². The molecule has 1 fully saturated rings. The van der Waals surface area contributed by atoms with Crippen LogP contribution in [0.4, 0.5) is 5.13 Å². The summed E-state index contributed by atoms with van der Waals surface area (Å²) in [7, 11) is -4.25. The van der Waals surface area contributed by atoms with E-state index in [1.807, 2.05) is 0 Å². The van der Waals surface area contributed by atoms with Crippen molar-refractivity contribution in [2.45, 2.75) is 9.79 Å². The van der Waals surface area contributed by atoms with E-state index < -0.39 is 19.9 Å². The molecule has 3 aromatic rings. The van der Waals surface area contributed by atoms with Crippen molar-refractivity contribution >= 4 is 52.5 Å². The Morgan fingerprint density at radius 1 is 1.06 bits per heavy atom. The van der Waals surface area contributed by atoms with Crippen LogP contribution in [0.2, 0.25) is 0 Å². The minimum absolute atomic E-state index is 0.0849. The Kier molecular flexibility index (Phi) is 7.78. The summed E-state index contributed by atoms with van der Waals surface area (Å²) in [6.07, 6.45) is 1.13. The molecule has 0 spiro atoms. The van der Waals surface area contributed by atoms with Gasteiger partial charge < -0.3 is 4.74 Å². The van der Waals surface area contributed by atoms with Crippen LogP contribution >= 0.6 is 11.3 Å². The number of nitrogens with zero attached hydrogens (tertiary/aromatic N) is 4. The van der Waals surface area contributed by atoms with Gasteiger partial charge in [-0.15, -0.1) is 0 Å². The van der Waals surface area contributed by atoms with E-state index in [4.69, 9.17) is 4.74 Å². The van der Waals surface area contributed by atoms with Gasteiger partial charge in [0.25, 0.3) is 5.91 Å². The molecular weight excluding hydrogens is 524 g/mol. The van der Waals surface area contributed by atoms with Crippen LogP contribution in [0.3, 0.4) is 0 Å². The van der Waals surface area contributed by atoms with Gasteiger partial charge in [0, 0.05) is 52.1 Å². The van der Waals surface area contributed by atoms with Gasteiger partial charge in [0.2, 0.25) is 10.0 Å². The summed E-state index contributed by atoms with van der Waals surface area (Å²) in [5.74, 6) is -0.350. The van der Waals surface area contributed by atoms with Crippen LogP contribution in [0.15, 0.2) is 52.3 Å². The van der Waals surface area contributed by atoms with Crippen molar-refractivity contribution in [1.82, 2.24) is 14.2 Å². The highest BCUT2D eigenvalue weighted by atomic mass is 32.2. The second-order valence-electron chi connectivity index (χ2n) is 8.59. The van der Waals surface area contributed by atoms with E-state index in [1.165, 1.54) is 60.7 Å². The fourth-order valence-corrected chi connectivity index (χ4v) is 6.63. The average molecular weight is 553 g/mol. The van der Waals surface area contributed by atoms with E-state index in [1.54, 1.807) is 12.1 Å². The molecule has 1 saturated heterocycles. The average Bonchev–Trinajstić information content (AvgIpc) is 3.28. The molecule has 2 aromatic carbocycles. The number of sulfone groups is 1. The van der Waals surface area contributed by atoms with Crippen LogP contribution in [0.1, 0.15) is 10.4 Å². The number of ether oxygens (including phenoxy) is 1. The predicted octanol–water partition coefficient (Wildman–Crippen LogP) is 1.93. The normalized spacial score (nSPS) is 15.4. The van der Waals surface area contributed by atoms with Crippen molar-refractivity contribution < 1.29 is 26.4 Å². The second kappa shape index (κ2) is 10.5. The zero-order valence-corrected chi connectivity index (χ0v) is 22.7. The first kappa shape index (κ1) is 26.6. The zero-order chi connectivity index (χ0) is 26.1. The highest BCUT2D eigenvalue weighted by Crippen LogP contribution is 2.33. The topological polar surface area (TPSA) is 117 Å². The maximum atomic E-state index is 13.6. The largest absolute Gasteiger partial charge is 0.379 e. The molecule has 0 radical (unpaired) electrons. The van der Waals surface area contributed by atoms with Crippen molar-refractivity contribution in [3.63, 3.8) is 0 Å². The molecular formula is C23H28N4O6S3. The quantitative estimate of drug-likeness (QED) is 0.416. The molecule has 13 heteroatoms. The number of para-hydroxylation sites is 1. The highest BCUT2D eigenvalue weighted by molar-refractivity contribution is 7.91. The highest BCUT2D eigenvalue weighted by Gasteiger charge is 2.25. The molecule has 1 aromatic heterocycles. The van der Waals surface area contributed by atoms with Crippen molar-refractivity contribution in [2.75, 3.05) is 64.6 Å². The predicted molar refractivity (Wildman–Crippen MR) is 139 cm³/mol. The van der Waals surface area contributed by atoms with Crippen LogP contribution in [-0.4, -0.2) is 96.7 Å². The van der Waals surface area contributed by atoms with E-state index in [-0.39, 0.29) is 15.7 Å². The van der Waals surface area contributed by atoms with Crippen molar-refractivity contribution in [3.05, 3.63) is 48.0 Å². The SMILES string of the molecule is CN(C)S(=O)(=O)c1ccc(C(=O)N(CCN2CCOCC2)c2nc3c(S(C)(=O)=O)cccc3s2)cc1. The third kappa shape index (κ3) is 5.61. The summed E-state index contributed by atoms with van der Waals surface area (Å²) in [5.41, 5.74) is 0.633. The fourth-order valence-electron chi connectivity index (χ4n) is 3.81. The van der Waals surface area contributed by atoms with Gasteiger partial charge in [-0.05, 0) is 36.4 Å². The number of morpholine rings is 1. The molecule has 0 N–H and O–H groups in total. The molecule has 1 amide bonds. The summed E-state index contributed by atoms with van der Waals surface area (Å²) in [4.78, 5) is 22.1. The Balaban J connectivity index is 1.70. The van der Waals surface area contributed by atoms with Gasteiger partial charge in [-0.2, -0.15) is 0 Å². The van der Waals surface area contributed by atoms with Crippen LogP contribution in [0.25, 0.3) is 10.2 Å². The molecule has 1 aliphatic heterocycles. The van der Waals surface area contributed by atoms with Crippen LogP contribution in [-0.2, 0) is 24.6 Å². The lowest BCUT2D eigenvalue weighted by molar-refractivity contribution is 0.0391. The number of fused-ring (bicyclic) bond motifs is 1. The minimum atomic E-state index is -3.63. The lowest BCUT2D eigenvalue weighted by Crippen LogP contribution is -2.43. The Bertz CT molecular complexity index is 1460. The van der Waals surface area contributed by atoms with E-state index >= 15 is 0 Å². The second-order valence-corrected chi connectivity index (χ2v) is 13.7. The summed E-state index contributed by atoms with van der Waals surface area (Å²) in [6.45, 7) is 3.64. The third-order valence-corrected chi connectivity index (χ3v) is 9.87. The minimum Gasteiger partial charge on any atom is -0.379 e. The van der Waals surface area contributed by atoms with Crippen LogP contribution < -0.4 is 4.90 Å². The van der Waals surface area contributed by atoms with Gasteiger partial charge in [0.15, 0.2) is 15.0 Å². The molecule has 4 rings (SSSR count). The Hall–Kier alpha value is -2.42. The van der Waals surface area contributed by atoms with Gasteiger partial charge >= 0.3 is 0 Å². The summed E-state index contributed by atoms with van der Waals surface area (Å²) in [5, 5.41) is 0.379. The maximum Gasteiger partial charge on any atom is 0.260 e. The number of benzene rings is 2. The molecule has 2 heterocycles. The molecule has 194 valence electrons.